The highest BCUT2D eigenvalue weighted by Crippen LogP contribution is 2.19. The molecule has 0 amide bonds. The Bertz CT molecular complexity index is 723. The summed E-state index contributed by atoms with van der Waals surface area (Å²) >= 11 is 0. The highest BCUT2D eigenvalue weighted by Gasteiger charge is 2.20. The van der Waals surface area contributed by atoms with Gasteiger partial charge in [0.2, 0.25) is 10.0 Å². The van der Waals surface area contributed by atoms with Gasteiger partial charge < -0.3 is 0 Å². The number of hydrogen-bond acceptors (Lipinski definition) is 3. The molecule has 1 unspecified atom stereocenters. The van der Waals surface area contributed by atoms with Crippen molar-refractivity contribution in [2.75, 3.05) is 0 Å². The van der Waals surface area contributed by atoms with E-state index < -0.39 is 21.9 Å². The maximum atomic E-state index is 12.9. The first-order valence-electron chi connectivity index (χ1n) is 6.65. The van der Waals surface area contributed by atoms with Crippen LogP contribution in [0.3, 0.4) is 0 Å². The van der Waals surface area contributed by atoms with Crippen molar-refractivity contribution in [3.63, 3.8) is 0 Å². The van der Waals surface area contributed by atoms with Crippen LogP contribution in [0.25, 0.3) is 0 Å². The number of rotatable bonds is 5. The van der Waals surface area contributed by atoms with Crippen LogP contribution in [-0.4, -0.2) is 18.2 Å². The molecule has 1 aromatic carbocycles. The van der Waals surface area contributed by atoms with Gasteiger partial charge in [0.15, 0.2) is 0 Å². The lowest BCUT2D eigenvalue weighted by Gasteiger charge is -2.13. The maximum Gasteiger partial charge on any atom is 0.241 e. The molecule has 0 saturated carbocycles. The van der Waals surface area contributed by atoms with Gasteiger partial charge in [-0.3, -0.25) is 4.68 Å². The quantitative estimate of drug-likeness (QED) is 0.922. The molecule has 0 aliphatic rings. The molecule has 0 saturated heterocycles. The molecule has 5 nitrogen and oxygen atoms in total. The Balaban J connectivity index is 2.23. The molecule has 1 heterocycles. The second kappa shape index (κ2) is 5.95. The Morgan fingerprint density at radius 1 is 1.33 bits per heavy atom. The van der Waals surface area contributed by atoms with E-state index in [-0.39, 0.29) is 4.90 Å². The summed E-state index contributed by atoms with van der Waals surface area (Å²) in [6, 6.07) is 4.32. The molecule has 0 fully saturated rings. The molecule has 0 radical (unpaired) electrons. The lowest BCUT2D eigenvalue weighted by Crippen LogP contribution is -2.27. The van der Waals surface area contributed by atoms with E-state index in [1.807, 2.05) is 20.0 Å². The fraction of sp³-hybridized carbons (Fsp3) is 0.357. The van der Waals surface area contributed by atoms with Crippen molar-refractivity contribution >= 4 is 10.0 Å². The van der Waals surface area contributed by atoms with Gasteiger partial charge in [0.1, 0.15) is 5.82 Å². The lowest BCUT2D eigenvalue weighted by atomic mass is 10.1. The van der Waals surface area contributed by atoms with Crippen LogP contribution in [0.15, 0.2) is 35.4 Å². The van der Waals surface area contributed by atoms with E-state index in [0.29, 0.717) is 0 Å². The van der Waals surface area contributed by atoms with Crippen LogP contribution >= 0.6 is 0 Å². The molecule has 0 aliphatic carbocycles. The van der Waals surface area contributed by atoms with Crippen molar-refractivity contribution < 1.29 is 12.8 Å². The van der Waals surface area contributed by atoms with Crippen LogP contribution in [0.2, 0.25) is 0 Å². The summed E-state index contributed by atoms with van der Waals surface area (Å²) in [5.41, 5.74) is 1.61. The Hall–Kier alpha value is -1.73. The molecule has 1 atom stereocenters. The van der Waals surface area contributed by atoms with E-state index in [2.05, 4.69) is 9.82 Å². The number of nitrogens with zero attached hydrogens (tertiary/aromatic N) is 2. The Morgan fingerprint density at radius 3 is 2.48 bits per heavy atom. The summed E-state index contributed by atoms with van der Waals surface area (Å²) < 4.78 is 41.7. The molecule has 7 heteroatoms. The van der Waals surface area contributed by atoms with E-state index in [9.17, 15) is 12.8 Å². The average Bonchev–Trinajstić information content (AvgIpc) is 2.80. The Kier molecular flexibility index (Phi) is 4.43. The van der Waals surface area contributed by atoms with Crippen molar-refractivity contribution in [2.24, 2.45) is 0 Å². The summed E-state index contributed by atoms with van der Waals surface area (Å²) in [6.45, 7) is 6.27. The van der Waals surface area contributed by atoms with Gasteiger partial charge in [-0.1, -0.05) is 0 Å². The number of aryl methyl sites for hydroxylation is 2. The zero-order valence-electron chi connectivity index (χ0n) is 12.2. The minimum absolute atomic E-state index is 0.0382. The van der Waals surface area contributed by atoms with Crippen molar-refractivity contribution in [1.82, 2.24) is 14.5 Å². The summed E-state index contributed by atoms with van der Waals surface area (Å²) in [7, 11) is -3.69. The van der Waals surface area contributed by atoms with Gasteiger partial charge in [-0.25, -0.2) is 17.5 Å². The zero-order chi connectivity index (χ0) is 15.6. The minimum Gasteiger partial charge on any atom is -0.272 e. The van der Waals surface area contributed by atoms with Crippen LogP contribution in [0.5, 0.6) is 0 Å². The van der Waals surface area contributed by atoms with Crippen LogP contribution in [0.1, 0.15) is 31.1 Å². The van der Waals surface area contributed by atoms with E-state index >= 15 is 0 Å². The SMILES string of the molecule is CCn1cc(C(C)NS(=O)(=O)c2ccc(F)cc2)c(C)n1. The summed E-state index contributed by atoms with van der Waals surface area (Å²) in [4.78, 5) is 0.0382. The fourth-order valence-electron chi connectivity index (χ4n) is 2.10. The number of halogens is 1. The summed E-state index contributed by atoms with van der Waals surface area (Å²) in [5.74, 6) is -0.470. The summed E-state index contributed by atoms with van der Waals surface area (Å²) in [5, 5.41) is 4.30. The number of nitrogens with one attached hydrogen (secondary N) is 1. The highest BCUT2D eigenvalue weighted by atomic mass is 32.2. The van der Waals surface area contributed by atoms with Crippen LogP contribution in [0, 0.1) is 12.7 Å². The topological polar surface area (TPSA) is 64.0 Å². The Morgan fingerprint density at radius 2 is 1.95 bits per heavy atom. The van der Waals surface area contributed by atoms with Crippen molar-refractivity contribution in [3.8, 4) is 0 Å². The molecule has 1 aromatic heterocycles. The van der Waals surface area contributed by atoms with Gasteiger partial charge in [-0.15, -0.1) is 0 Å². The lowest BCUT2D eigenvalue weighted by molar-refractivity contribution is 0.565. The van der Waals surface area contributed by atoms with E-state index in [1.54, 1.807) is 11.6 Å². The number of aromatic nitrogens is 2. The molecule has 21 heavy (non-hydrogen) atoms. The first-order chi connectivity index (χ1) is 9.83. The van der Waals surface area contributed by atoms with Gasteiger partial charge in [-0.2, -0.15) is 5.10 Å². The van der Waals surface area contributed by atoms with Gasteiger partial charge in [0, 0.05) is 24.3 Å². The third-order valence-corrected chi connectivity index (χ3v) is 4.79. The second-order valence-electron chi connectivity index (χ2n) is 4.82. The van der Waals surface area contributed by atoms with Crippen molar-refractivity contribution in [2.45, 2.75) is 38.3 Å². The first kappa shape index (κ1) is 15.7. The molecule has 0 spiro atoms. The van der Waals surface area contributed by atoms with Gasteiger partial charge in [-0.05, 0) is 45.0 Å². The van der Waals surface area contributed by atoms with Gasteiger partial charge in [0.05, 0.1) is 10.6 Å². The normalized spacial score (nSPS) is 13.3. The van der Waals surface area contributed by atoms with Crippen LogP contribution in [-0.2, 0) is 16.6 Å². The second-order valence-corrected chi connectivity index (χ2v) is 6.54. The molecule has 1 N–H and O–H groups in total. The molecule has 2 rings (SSSR count). The molecule has 2 aromatic rings. The molecular formula is C14H18FN3O2S. The maximum absolute atomic E-state index is 12.9. The number of benzene rings is 1. The number of sulfonamides is 1. The number of hydrogen-bond donors (Lipinski definition) is 1. The monoisotopic (exact) mass is 311 g/mol. The third kappa shape index (κ3) is 3.48. The van der Waals surface area contributed by atoms with Crippen molar-refractivity contribution in [3.05, 3.63) is 47.5 Å². The summed E-state index contributed by atoms with van der Waals surface area (Å²) in [6.07, 6.45) is 1.83. The Labute approximate surface area is 123 Å². The van der Waals surface area contributed by atoms with Crippen molar-refractivity contribution in [1.29, 1.82) is 0 Å². The largest absolute Gasteiger partial charge is 0.272 e. The molecule has 114 valence electrons. The average molecular weight is 311 g/mol. The third-order valence-electron chi connectivity index (χ3n) is 3.23. The molecular weight excluding hydrogens is 293 g/mol. The van der Waals surface area contributed by atoms with Crippen LogP contribution < -0.4 is 4.72 Å². The minimum atomic E-state index is -3.69. The van der Waals surface area contributed by atoms with E-state index in [4.69, 9.17) is 0 Å². The standard InChI is InChI=1S/C14H18FN3O2S/c1-4-18-9-14(10(2)16-18)11(3)17-21(19,20)13-7-5-12(15)6-8-13/h5-9,11,17H,4H2,1-3H3. The van der Waals surface area contributed by atoms with E-state index in [0.717, 1.165) is 29.9 Å². The highest BCUT2D eigenvalue weighted by molar-refractivity contribution is 7.89. The fourth-order valence-corrected chi connectivity index (χ4v) is 3.32. The molecule has 0 bridgehead atoms. The molecule has 0 aliphatic heterocycles. The van der Waals surface area contributed by atoms with Gasteiger partial charge >= 0.3 is 0 Å². The predicted molar refractivity (Wildman–Crippen MR) is 77.8 cm³/mol. The van der Waals surface area contributed by atoms with Gasteiger partial charge in [0.25, 0.3) is 0 Å². The van der Waals surface area contributed by atoms with E-state index in [1.165, 1.54) is 12.1 Å². The predicted octanol–water partition coefficient (Wildman–Crippen LogP) is 2.39. The van der Waals surface area contributed by atoms with Crippen LogP contribution in [0.4, 0.5) is 4.39 Å². The first-order valence-corrected chi connectivity index (χ1v) is 8.13. The zero-order valence-corrected chi connectivity index (χ0v) is 13.0. The smallest absolute Gasteiger partial charge is 0.241 e.